The maximum Gasteiger partial charge on any atom is 0.273 e. The van der Waals surface area contributed by atoms with Gasteiger partial charge in [0.2, 0.25) is 0 Å². The van der Waals surface area contributed by atoms with Gasteiger partial charge in [-0.15, -0.1) is 0 Å². The van der Waals surface area contributed by atoms with Crippen molar-refractivity contribution in [2.24, 2.45) is 0 Å². The van der Waals surface area contributed by atoms with Gasteiger partial charge in [-0.3, -0.25) is 15.1 Å². The lowest BCUT2D eigenvalue weighted by atomic mass is 10.1. The zero-order valence-electron chi connectivity index (χ0n) is 13.0. The molecule has 0 amide bonds. The van der Waals surface area contributed by atoms with Gasteiger partial charge in [0.05, 0.1) is 29.4 Å². The zero-order valence-corrected chi connectivity index (χ0v) is 14.6. The highest BCUT2D eigenvalue weighted by Gasteiger charge is 2.18. The molecule has 0 saturated carbocycles. The second-order valence-corrected chi connectivity index (χ2v) is 6.01. The van der Waals surface area contributed by atoms with E-state index in [9.17, 15) is 15.4 Å². The normalized spacial score (nSPS) is 10.3. The summed E-state index contributed by atoms with van der Waals surface area (Å²) in [6.07, 6.45) is 1.41. The molecule has 0 aliphatic carbocycles. The molecule has 0 fully saturated rings. The molecule has 0 saturated heterocycles. The van der Waals surface area contributed by atoms with Gasteiger partial charge in [-0.05, 0) is 18.2 Å². The number of nitrogens with zero attached hydrogens (tertiary/aromatic N) is 3. The zero-order chi connectivity index (χ0) is 18.0. The molecule has 0 unspecified atom stereocenters. The van der Waals surface area contributed by atoms with E-state index >= 15 is 0 Å². The van der Waals surface area contributed by atoms with E-state index in [0.717, 1.165) is 10.2 Å². The van der Waals surface area contributed by atoms with Crippen LogP contribution >= 0.6 is 15.9 Å². The van der Waals surface area contributed by atoms with Crippen LogP contribution in [0.15, 0.2) is 47.1 Å². The van der Waals surface area contributed by atoms with Crippen LogP contribution in [0.1, 0.15) is 5.56 Å². The fraction of sp³-hybridized carbons (Fsp3) is 0.0588. The van der Waals surface area contributed by atoms with Crippen molar-refractivity contribution in [3.63, 3.8) is 0 Å². The number of pyridine rings is 1. The third kappa shape index (κ3) is 3.22. The molecule has 0 spiro atoms. The second-order valence-electron chi connectivity index (χ2n) is 5.10. The lowest BCUT2D eigenvalue weighted by Crippen LogP contribution is -1.99. The van der Waals surface area contributed by atoms with E-state index in [-0.39, 0.29) is 17.0 Å². The molecule has 2 aromatic carbocycles. The number of ether oxygens (including phenoxy) is 1. The van der Waals surface area contributed by atoms with E-state index in [1.54, 1.807) is 0 Å². The Morgan fingerprint density at radius 3 is 2.80 bits per heavy atom. The van der Waals surface area contributed by atoms with Crippen LogP contribution in [0.2, 0.25) is 0 Å². The van der Waals surface area contributed by atoms with Gasteiger partial charge in [0, 0.05) is 27.8 Å². The Labute approximate surface area is 151 Å². The van der Waals surface area contributed by atoms with E-state index in [1.807, 2.05) is 24.3 Å². The van der Waals surface area contributed by atoms with Crippen molar-refractivity contribution in [1.29, 1.82) is 5.26 Å². The third-order valence-corrected chi connectivity index (χ3v) is 4.06. The van der Waals surface area contributed by atoms with Crippen LogP contribution in [0.3, 0.4) is 0 Å². The molecule has 0 bridgehead atoms. The standard InChI is InChI=1S/C17H11BrN4O3/c1-25-15-7-13(22(23)24)6-14-16(10(8-19)9-20-17(14)15)21-12-4-2-3-11(18)5-12/h2-7,9H,1H3,(H,20,21). The number of hydrogen-bond donors (Lipinski definition) is 1. The number of rotatable bonds is 4. The number of nitrogens with one attached hydrogen (secondary N) is 1. The van der Waals surface area contributed by atoms with E-state index in [0.29, 0.717) is 16.6 Å². The van der Waals surface area contributed by atoms with Crippen LogP contribution in [0.4, 0.5) is 17.1 Å². The molecular formula is C17H11BrN4O3. The monoisotopic (exact) mass is 398 g/mol. The molecule has 0 aliphatic heterocycles. The minimum Gasteiger partial charge on any atom is -0.494 e. The Bertz CT molecular complexity index is 1030. The number of nitro benzene ring substituents is 1. The lowest BCUT2D eigenvalue weighted by molar-refractivity contribution is -0.384. The summed E-state index contributed by atoms with van der Waals surface area (Å²) >= 11 is 3.39. The van der Waals surface area contributed by atoms with Crippen LogP contribution in [-0.4, -0.2) is 17.0 Å². The van der Waals surface area contributed by atoms with Crippen molar-refractivity contribution in [3.8, 4) is 11.8 Å². The predicted octanol–water partition coefficient (Wildman–Crippen LogP) is 4.53. The summed E-state index contributed by atoms with van der Waals surface area (Å²) in [6.45, 7) is 0. The van der Waals surface area contributed by atoms with Crippen LogP contribution in [0.25, 0.3) is 10.9 Å². The molecule has 3 aromatic rings. The van der Waals surface area contributed by atoms with Gasteiger partial charge in [0.1, 0.15) is 11.6 Å². The molecule has 0 radical (unpaired) electrons. The van der Waals surface area contributed by atoms with Gasteiger partial charge in [0.15, 0.2) is 5.75 Å². The topological polar surface area (TPSA) is 101 Å². The van der Waals surface area contributed by atoms with E-state index in [4.69, 9.17) is 4.74 Å². The first kappa shape index (κ1) is 16.7. The molecule has 8 heteroatoms. The largest absolute Gasteiger partial charge is 0.494 e. The molecule has 1 N–H and O–H groups in total. The van der Waals surface area contributed by atoms with Crippen molar-refractivity contribution in [1.82, 2.24) is 4.98 Å². The molecule has 3 rings (SSSR count). The summed E-state index contributed by atoms with van der Waals surface area (Å²) in [6, 6.07) is 12.1. The SMILES string of the molecule is COc1cc([N+](=O)[O-])cc2c(Nc3cccc(Br)c3)c(C#N)cnc12. The van der Waals surface area contributed by atoms with E-state index in [1.165, 1.54) is 25.4 Å². The number of nitro groups is 1. The highest BCUT2D eigenvalue weighted by Crippen LogP contribution is 2.36. The maximum atomic E-state index is 11.2. The van der Waals surface area contributed by atoms with Crippen molar-refractivity contribution in [2.75, 3.05) is 12.4 Å². The summed E-state index contributed by atoms with van der Waals surface area (Å²) < 4.78 is 6.09. The number of methoxy groups -OCH3 is 1. The van der Waals surface area contributed by atoms with E-state index < -0.39 is 4.92 Å². The third-order valence-electron chi connectivity index (χ3n) is 3.57. The summed E-state index contributed by atoms with van der Waals surface area (Å²) in [4.78, 5) is 14.9. The number of anilines is 2. The van der Waals surface area contributed by atoms with Gasteiger partial charge in [-0.2, -0.15) is 5.26 Å². The molecule has 0 atom stereocenters. The van der Waals surface area contributed by atoms with Gasteiger partial charge in [-0.25, -0.2) is 0 Å². The van der Waals surface area contributed by atoms with Gasteiger partial charge in [-0.1, -0.05) is 22.0 Å². The maximum absolute atomic E-state index is 11.2. The minimum atomic E-state index is -0.510. The average Bonchev–Trinajstić information content (AvgIpc) is 2.61. The summed E-state index contributed by atoms with van der Waals surface area (Å²) in [5.74, 6) is 0.269. The number of hydrogen-bond acceptors (Lipinski definition) is 6. The Morgan fingerprint density at radius 1 is 1.36 bits per heavy atom. The lowest BCUT2D eigenvalue weighted by Gasteiger charge is -2.13. The Morgan fingerprint density at radius 2 is 2.16 bits per heavy atom. The highest BCUT2D eigenvalue weighted by atomic mass is 79.9. The fourth-order valence-electron chi connectivity index (χ4n) is 2.45. The van der Waals surface area contributed by atoms with Crippen molar-refractivity contribution in [3.05, 3.63) is 62.7 Å². The van der Waals surface area contributed by atoms with Gasteiger partial charge < -0.3 is 10.1 Å². The molecule has 124 valence electrons. The number of benzene rings is 2. The Hall–Kier alpha value is -3.18. The molecular weight excluding hydrogens is 388 g/mol. The number of nitriles is 1. The predicted molar refractivity (Wildman–Crippen MR) is 97.1 cm³/mol. The van der Waals surface area contributed by atoms with Crippen molar-refractivity contribution < 1.29 is 9.66 Å². The number of fused-ring (bicyclic) bond motifs is 1. The van der Waals surface area contributed by atoms with Crippen LogP contribution in [0, 0.1) is 21.4 Å². The first-order valence-electron chi connectivity index (χ1n) is 7.11. The molecule has 25 heavy (non-hydrogen) atoms. The minimum absolute atomic E-state index is 0.140. The summed E-state index contributed by atoms with van der Waals surface area (Å²) in [7, 11) is 1.42. The number of non-ortho nitro benzene ring substituents is 1. The molecule has 1 heterocycles. The number of aromatic nitrogens is 1. The quantitative estimate of drug-likeness (QED) is 0.511. The molecule has 7 nitrogen and oxygen atoms in total. The average molecular weight is 399 g/mol. The Balaban J connectivity index is 2.29. The first-order chi connectivity index (χ1) is 12.0. The summed E-state index contributed by atoms with van der Waals surface area (Å²) in [5, 5.41) is 24.2. The highest BCUT2D eigenvalue weighted by molar-refractivity contribution is 9.10. The first-order valence-corrected chi connectivity index (χ1v) is 7.90. The van der Waals surface area contributed by atoms with E-state index in [2.05, 4.69) is 32.3 Å². The Kier molecular flexibility index (Phi) is 4.50. The van der Waals surface area contributed by atoms with Crippen LogP contribution in [-0.2, 0) is 0 Å². The summed E-state index contributed by atoms with van der Waals surface area (Å²) in [5.41, 5.74) is 1.73. The van der Waals surface area contributed by atoms with Crippen LogP contribution < -0.4 is 10.1 Å². The van der Waals surface area contributed by atoms with Gasteiger partial charge in [0.25, 0.3) is 5.69 Å². The van der Waals surface area contributed by atoms with Crippen LogP contribution in [0.5, 0.6) is 5.75 Å². The second kappa shape index (κ2) is 6.75. The van der Waals surface area contributed by atoms with Crippen molar-refractivity contribution >= 4 is 43.9 Å². The van der Waals surface area contributed by atoms with Gasteiger partial charge >= 0.3 is 0 Å². The molecule has 0 aliphatic rings. The smallest absolute Gasteiger partial charge is 0.273 e. The fourth-order valence-corrected chi connectivity index (χ4v) is 2.85. The molecule has 1 aromatic heterocycles. The number of halogens is 1. The van der Waals surface area contributed by atoms with Crippen molar-refractivity contribution in [2.45, 2.75) is 0 Å².